The molecular weight excluding hydrogens is 426 g/mol. The first-order valence-corrected chi connectivity index (χ1v) is 12.6. The lowest BCUT2D eigenvalue weighted by Gasteiger charge is -2.26. The number of nitrogens with zero attached hydrogens (tertiary/aromatic N) is 2. The van der Waals surface area contributed by atoms with Crippen LogP contribution in [0.2, 0.25) is 0 Å². The molecule has 0 aromatic heterocycles. The topological polar surface area (TPSA) is 86.8 Å². The molecule has 1 fully saturated rings. The van der Waals surface area contributed by atoms with Crippen molar-refractivity contribution < 1.29 is 18.0 Å². The summed E-state index contributed by atoms with van der Waals surface area (Å²) in [5, 5.41) is 2.96. The molecule has 170 valence electrons. The Morgan fingerprint density at radius 1 is 1.06 bits per heavy atom. The number of nitrogens with one attached hydrogen (secondary N) is 1. The first-order chi connectivity index (χ1) is 15.3. The third kappa shape index (κ3) is 4.17. The number of para-hydroxylation sites is 1. The zero-order valence-corrected chi connectivity index (χ0v) is 19.3. The van der Waals surface area contributed by atoms with Gasteiger partial charge in [-0.15, -0.1) is 0 Å². The van der Waals surface area contributed by atoms with E-state index in [-0.39, 0.29) is 23.1 Å². The number of aryl methyl sites for hydroxylation is 1. The summed E-state index contributed by atoms with van der Waals surface area (Å²) in [4.78, 5) is 27.3. The Kier molecular flexibility index (Phi) is 6.35. The first kappa shape index (κ1) is 22.5. The maximum Gasteiger partial charge on any atom is 0.247 e. The number of carbonyl (C=O) groups excluding carboxylic acids is 2. The monoisotopic (exact) mass is 455 g/mol. The third-order valence-electron chi connectivity index (χ3n) is 6.29. The molecule has 2 aliphatic rings. The quantitative estimate of drug-likeness (QED) is 0.749. The van der Waals surface area contributed by atoms with Crippen LogP contribution in [0.15, 0.2) is 47.4 Å². The Labute approximate surface area is 189 Å². The normalized spacial score (nSPS) is 18.9. The SMILES string of the molecule is CCc1ccccc1NC(=O)[C@@H]1Cc2cc(S(=O)(=O)N3CCCCC3)ccc2N1C(C)=O. The number of fused-ring (bicyclic) bond motifs is 1. The van der Waals surface area contributed by atoms with Gasteiger partial charge in [0, 0.05) is 37.8 Å². The molecule has 2 aromatic carbocycles. The Morgan fingerprint density at radius 2 is 1.78 bits per heavy atom. The van der Waals surface area contributed by atoms with Crippen LogP contribution in [0.25, 0.3) is 0 Å². The maximum absolute atomic E-state index is 13.2. The van der Waals surface area contributed by atoms with Gasteiger partial charge in [0.15, 0.2) is 0 Å². The average Bonchev–Trinajstić information content (AvgIpc) is 3.19. The van der Waals surface area contributed by atoms with Crippen LogP contribution in [0.5, 0.6) is 0 Å². The molecule has 0 saturated carbocycles. The minimum Gasteiger partial charge on any atom is -0.324 e. The second-order valence-corrected chi connectivity index (χ2v) is 10.3. The lowest BCUT2D eigenvalue weighted by Crippen LogP contribution is -2.44. The van der Waals surface area contributed by atoms with E-state index in [0.29, 0.717) is 24.3 Å². The van der Waals surface area contributed by atoms with Gasteiger partial charge in [-0.3, -0.25) is 14.5 Å². The molecule has 0 aliphatic carbocycles. The van der Waals surface area contributed by atoms with Crippen molar-refractivity contribution in [3.8, 4) is 0 Å². The van der Waals surface area contributed by atoms with E-state index < -0.39 is 16.1 Å². The predicted octanol–water partition coefficient (Wildman–Crippen LogP) is 3.34. The fourth-order valence-electron chi connectivity index (χ4n) is 4.61. The zero-order valence-electron chi connectivity index (χ0n) is 18.5. The van der Waals surface area contributed by atoms with Crippen molar-refractivity contribution in [1.29, 1.82) is 0 Å². The molecule has 32 heavy (non-hydrogen) atoms. The highest BCUT2D eigenvalue weighted by molar-refractivity contribution is 7.89. The van der Waals surface area contributed by atoms with Gasteiger partial charge in [0.1, 0.15) is 6.04 Å². The van der Waals surface area contributed by atoms with Crippen LogP contribution in [0.1, 0.15) is 44.2 Å². The zero-order chi connectivity index (χ0) is 22.9. The van der Waals surface area contributed by atoms with Crippen molar-refractivity contribution in [2.45, 2.75) is 56.9 Å². The van der Waals surface area contributed by atoms with E-state index in [1.807, 2.05) is 31.2 Å². The van der Waals surface area contributed by atoms with Gasteiger partial charge < -0.3 is 5.32 Å². The molecule has 2 heterocycles. The number of rotatable bonds is 5. The van der Waals surface area contributed by atoms with Gasteiger partial charge in [-0.1, -0.05) is 31.5 Å². The van der Waals surface area contributed by atoms with E-state index in [0.717, 1.165) is 36.9 Å². The van der Waals surface area contributed by atoms with E-state index in [1.165, 1.54) is 16.1 Å². The third-order valence-corrected chi connectivity index (χ3v) is 8.18. The fourth-order valence-corrected chi connectivity index (χ4v) is 6.18. The summed E-state index contributed by atoms with van der Waals surface area (Å²) in [6.45, 7) is 4.50. The van der Waals surface area contributed by atoms with Crippen LogP contribution >= 0.6 is 0 Å². The average molecular weight is 456 g/mol. The van der Waals surface area contributed by atoms with Gasteiger partial charge >= 0.3 is 0 Å². The summed E-state index contributed by atoms with van der Waals surface area (Å²) in [5.74, 6) is -0.531. The van der Waals surface area contributed by atoms with Gasteiger partial charge in [-0.2, -0.15) is 4.31 Å². The van der Waals surface area contributed by atoms with Crippen molar-refractivity contribution in [2.24, 2.45) is 0 Å². The van der Waals surface area contributed by atoms with Crippen LogP contribution in [-0.4, -0.2) is 43.7 Å². The lowest BCUT2D eigenvalue weighted by molar-refractivity contribution is -0.122. The van der Waals surface area contributed by atoms with Crippen LogP contribution < -0.4 is 10.2 Å². The summed E-state index contributed by atoms with van der Waals surface area (Å²) >= 11 is 0. The highest BCUT2D eigenvalue weighted by atomic mass is 32.2. The van der Waals surface area contributed by atoms with Crippen LogP contribution in [-0.2, 0) is 32.5 Å². The summed E-state index contributed by atoms with van der Waals surface area (Å²) in [6.07, 6.45) is 3.82. The minimum atomic E-state index is -3.59. The van der Waals surface area contributed by atoms with Gasteiger partial charge in [-0.05, 0) is 54.7 Å². The summed E-state index contributed by atoms with van der Waals surface area (Å²) in [5.41, 5.74) is 3.04. The highest BCUT2D eigenvalue weighted by Crippen LogP contribution is 2.35. The molecule has 0 unspecified atom stereocenters. The molecule has 1 saturated heterocycles. The number of amides is 2. The lowest BCUT2D eigenvalue weighted by atomic mass is 10.1. The second kappa shape index (κ2) is 9.03. The van der Waals surface area contributed by atoms with E-state index >= 15 is 0 Å². The first-order valence-electron chi connectivity index (χ1n) is 11.1. The fraction of sp³-hybridized carbons (Fsp3) is 0.417. The molecule has 1 atom stereocenters. The summed E-state index contributed by atoms with van der Waals surface area (Å²) in [7, 11) is -3.59. The smallest absolute Gasteiger partial charge is 0.247 e. The van der Waals surface area contributed by atoms with E-state index in [2.05, 4.69) is 5.32 Å². The Hall–Kier alpha value is -2.71. The molecule has 2 aliphatic heterocycles. The van der Waals surface area contributed by atoms with Gasteiger partial charge in [0.05, 0.1) is 4.90 Å². The van der Waals surface area contributed by atoms with Crippen LogP contribution in [0.4, 0.5) is 11.4 Å². The number of carbonyl (C=O) groups is 2. The highest BCUT2D eigenvalue weighted by Gasteiger charge is 2.38. The second-order valence-electron chi connectivity index (χ2n) is 8.36. The molecule has 8 heteroatoms. The molecule has 7 nitrogen and oxygen atoms in total. The molecule has 2 aromatic rings. The van der Waals surface area contributed by atoms with Crippen LogP contribution in [0.3, 0.4) is 0 Å². The van der Waals surface area contributed by atoms with Crippen molar-refractivity contribution in [3.05, 3.63) is 53.6 Å². The Morgan fingerprint density at radius 3 is 2.47 bits per heavy atom. The maximum atomic E-state index is 13.2. The van der Waals surface area contributed by atoms with Crippen molar-refractivity contribution >= 4 is 33.2 Å². The van der Waals surface area contributed by atoms with Gasteiger partial charge in [-0.25, -0.2) is 8.42 Å². The number of piperidine rings is 1. The minimum absolute atomic E-state index is 0.221. The van der Waals surface area contributed by atoms with E-state index in [1.54, 1.807) is 18.2 Å². The number of anilines is 2. The largest absolute Gasteiger partial charge is 0.324 e. The van der Waals surface area contributed by atoms with E-state index in [4.69, 9.17) is 0 Å². The number of hydrogen-bond donors (Lipinski definition) is 1. The molecule has 0 spiro atoms. The Balaban J connectivity index is 1.62. The standard InChI is InChI=1S/C24H29N3O4S/c1-3-18-9-5-6-10-21(18)25-24(29)23-16-19-15-20(11-12-22(19)27(23)17(2)28)32(30,31)26-13-7-4-8-14-26/h5-6,9-12,15,23H,3-4,7-8,13-14,16H2,1-2H3,(H,25,29)/t23-/m0/s1. The number of hydrogen-bond acceptors (Lipinski definition) is 4. The molecule has 0 radical (unpaired) electrons. The van der Waals surface area contributed by atoms with Crippen LogP contribution in [0, 0.1) is 0 Å². The van der Waals surface area contributed by atoms with Crippen molar-refractivity contribution in [2.75, 3.05) is 23.3 Å². The van der Waals surface area contributed by atoms with E-state index in [9.17, 15) is 18.0 Å². The van der Waals surface area contributed by atoms with Crippen molar-refractivity contribution in [1.82, 2.24) is 4.31 Å². The Bertz CT molecular complexity index is 1140. The molecular formula is C24H29N3O4S. The summed E-state index contributed by atoms with van der Waals surface area (Å²) in [6, 6.07) is 11.7. The van der Waals surface area contributed by atoms with Gasteiger partial charge in [0.2, 0.25) is 21.8 Å². The molecule has 2 amide bonds. The molecule has 0 bridgehead atoms. The molecule has 4 rings (SSSR count). The predicted molar refractivity (Wildman–Crippen MR) is 124 cm³/mol. The van der Waals surface area contributed by atoms with Gasteiger partial charge in [0.25, 0.3) is 0 Å². The number of benzene rings is 2. The number of sulfonamides is 1. The summed E-state index contributed by atoms with van der Waals surface area (Å²) < 4.78 is 27.7. The molecule has 1 N–H and O–H groups in total. The van der Waals surface area contributed by atoms with Crippen molar-refractivity contribution in [3.63, 3.8) is 0 Å².